The molecule has 6 heteroatoms. The molecule has 0 heterocycles. The zero-order valence-corrected chi connectivity index (χ0v) is 12.1. The van der Waals surface area contributed by atoms with E-state index in [0.717, 1.165) is 19.3 Å². The number of halogens is 2. The maximum Gasteiger partial charge on any atom is 0.349 e. The minimum atomic E-state index is -3.67. The zero-order chi connectivity index (χ0) is 16.2. The van der Waals surface area contributed by atoms with Gasteiger partial charge in [0.1, 0.15) is 0 Å². The second kappa shape index (κ2) is 6.85. The van der Waals surface area contributed by atoms with Crippen LogP contribution < -0.4 is 5.32 Å². The van der Waals surface area contributed by atoms with Gasteiger partial charge < -0.3 is 10.4 Å². The van der Waals surface area contributed by atoms with Crippen LogP contribution in [0.25, 0.3) is 0 Å². The summed E-state index contributed by atoms with van der Waals surface area (Å²) in [5.74, 6) is -6.96. The molecule has 2 N–H and O–H groups in total. The first-order chi connectivity index (χ1) is 10.4. The number of hydrogen-bond donors (Lipinski definition) is 2. The van der Waals surface area contributed by atoms with E-state index in [-0.39, 0.29) is 0 Å². The van der Waals surface area contributed by atoms with E-state index >= 15 is 0 Å². The minimum absolute atomic E-state index is 0.395. The van der Waals surface area contributed by atoms with Gasteiger partial charge in [-0.1, -0.05) is 49.6 Å². The first-order valence-corrected chi connectivity index (χ1v) is 7.40. The van der Waals surface area contributed by atoms with E-state index in [0.29, 0.717) is 12.8 Å². The van der Waals surface area contributed by atoms with Crippen LogP contribution >= 0.6 is 0 Å². The number of alkyl halides is 2. The largest absolute Gasteiger partial charge is 0.481 e. The zero-order valence-electron chi connectivity index (χ0n) is 12.1. The highest BCUT2D eigenvalue weighted by molar-refractivity contribution is 5.85. The molecule has 1 aliphatic carbocycles. The Morgan fingerprint density at radius 1 is 1.09 bits per heavy atom. The average Bonchev–Trinajstić information content (AvgIpc) is 2.73. The molecule has 2 atom stereocenters. The first kappa shape index (κ1) is 16.4. The van der Waals surface area contributed by atoms with E-state index in [1.54, 1.807) is 6.07 Å². The summed E-state index contributed by atoms with van der Waals surface area (Å²) in [6, 6.07) is 6.07. The van der Waals surface area contributed by atoms with Gasteiger partial charge in [0.25, 0.3) is 5.91 Å². The summed E-state index contributed by atoms with van der Waals surface area (Å²) < 4.78 is 28.3. The molecule has 0 saturated heterocycles. The van der Waals surface area contributed by atoms with Crippen LogP contribution in [0.15, 0.2) is 30.3 Å². The maximum absolute atomic E-state index is 14.2. The number of amides is 1. The van der Waals surface area contributed by atoms with Gasteiger partial charge in [0.05, 0.1) is 5.92 Å². The van der Waals surface area contributed by atoms with Crippen LogP contribution in [-0.4, -0.2) is 23.0 Å². The van der Waals surface area contributed by atoms with Crippen LogP contribution in [0.2, 0.25) is 0 Å². The van der Waals surface area contributed by atoms with Crippen molar-refractivity contribution in [2.24, 2.45) is 5.92 Å². The van der Waals surface area contributed by atoms with Crippen molar-refractivity contribution in [2.45, 2.75) is 44.1 Å². The summed E-state index contributed by atoms with van der Waals surface area (Å²) >= 11 is 0. The number of carboxylic acids is 1. The van der Waals surface area contributed by atoms with Gasteiger partial charge in [0, 0.05) is 11.6 Å². The first-order valence-electron chi connectivity index (χ1n) is 7.40. The molecule has 4 nitrogen and oxygen atoms in total. The van der Waals surface area contributed by atoms with Crippen molar-refractivity contribution in [3.05, 3.63) is 35.9 Å². The van der Waals surface area contributed by atoms with Crippen molar-refractivity contribution in [2.75, 3.05) is 0 Å². The molecule has 0 aliphatic heterocycles. The molecule has 1 saturated carbocycles. The average molecular weight is 311 g/mol. The fourth-order valence-electron chi connectivity index (χ4n) is 2.81. The van der Waals surface area contributed by atoms with Crippen LogP contribution in [0, 0.1) is 5.92 Å². The normalized spacial score (nSPS) is 22.6. The lowest BCUT2D eigenvalue weighted by Crippen LogP contribution is -2.48. The van der Waals surface area contributed by atoms with Gasteiger partial charge in [-0.15, -0.1) is 0 Å². The monoisotopic (exact) mass is 311 g/mol. The van der Waals surface area contributed by atoms with Gasteiger partial charge >= 0.3 is 11.9 Å². The third kappa shape index (κ3) is 3.61. The van der Waals surface area contributed by atoms with Gasteiger partial charge in [0.2, 0.25) is 0 Å². The lowest BCUT2D eigenvalue weighted by atomic mass is 9.94. The Morgan fingerprint density at radius 2 is 1.73 bits per heavy atom. The van der Waals surface area contributed by atoms with Crippen LogP contribution in [0.5, 0.6) is 0 Å². The van der Waals surface area contributed by atoms with Crippen molar-refractivity contribution in [1.82, 2.24) is 5.32 Å². The van der Waals surface area contributed by atoms with E-state index in [2.05, 4.69) is 5.32 Å². The molecule has 2 rings (SSSR count). The summed E-state index contributed by atoms with van der Waals surface area (Å²) in [6.45, 7) is 0. The molecule has 1 aliphatic rings. The Kier molecular flexibility index (Phi) is 5.11. The number of benzene rings is 1. The third-order valence-electron chi connectivity index (χ3n) is 4.07. The summed E-state index contributed by atoms with van der Waals surface area (Å²) in [5, 5.41) is 11.5. The minimum Gasteiger partial charge on any atom is -0.481 e. The molecule has 0 radical (unpaired) electrons. The summed E-state index contributed by atoms with van der Waals surface area (Å²) in [7, 11) is 0. The summed E-state index contributed by atoms with van der Waals surface area (Å²) in [4.78, 5) is 23.2. The van der Waals surface area contributed by atoms with E-state index in [1.807, 2.05) is 0 Å². The molecule has 1 amide bonds. The number of carbonyl (C=O) groups is 2. The highest BCUT2D eigenvalue weighted by Crippen LogP contribution is 2.30. The fourth-order valence-corrected chi connectivity index (χ4v) is 2.81. The second-order valence-corrected chi connectivity index (χ2v) is 5.60. The standard InChI is InChI=1S/C16H19F2NO3/c17-16(18,11-7-3-1-4-8-11)15(22)19-13-10-6-2-5-9-12(13)14(20)21/h1,3-4,7-8,12-13H,2,5-6,9-10H2,(H,19,22)(H,20,21)/t12-,13+/m1/s1. The second-order valence-electron chi connectivity index (χ2n) is 5.60. The van der Waals surface area contributed by atoms with Crippen molar-refractivity contribution >= 4 is 11.9 Å². The number of carboxylic acid groups (broad SMARTS) is 1. The van der Waals surface area contributed by atoms with Gasteiger partial charge in [-0.25, -0.2) is 0 Å². The molecular weight excluding hydrogens is 292 g/mol. The molecule has 1 aromatic rings. The molecule has 0 aromatic heterocycles. The van der Waals surface area contributed by atoms with Crippen LogP contribution in [0.1, 0.15) is 37.7 Å². The number of rotatable bonds is 4. The van der Waals surface area contributed by atoms with Crippen molar-refractivity contribution in [3.8, 4) is 0 Å². The Labute approximate surface area is 127 Å². The Balaban J connectivity index is 2.13. The predicted molar refractivity (Wildman–Crippen MR) is 76.5 cm³/mol. The quantitative estimate of drug-likeness (QED) is 0.840. The third-order valence-corrected chi connectivity index (χ3v) is 4.07. The van der Waals surface area contributed by atoms with Gasteiger partial charge in [-0.05, 0) is 12.8 Å². The number of carbonyl (C=O) groups excluding carboxylic acids is 1. The van der Waals surface area contributed by atoms with Crippen LogP contribution in [-0.2, 0) is 15.5 Å². The van der Waals surface area contributed by atoms with Crippen molar-refractivity contribution in [1.29, 1.82) is 0 Å². The Bertz CT molecular complexity index is 533. The van der Waals surface area contributed by atoms with E-state index in [9.17, 15) is 23.5 Å². The molecule has 120 valence electrons. The van der Waals surface area contributed by atoms with Gasteiger partial charge in [-0.2, -0.15) is 8.78 Å². The molecule has 22 heavy (non-hydrogen) atoms. The van der Waals surface area contributed by atoms with E-state index in [1.165, 1.54) is 24.3 Å². The lowest BCUT2D eigenvalue weighted by Gasteiger charge is -2.25. The van der Waals surface area contributed by atoms with E-state index < -0.39 is 35.3 Å². The Hall–Kier alpha value is -1.98. The highest BCUT2D eigenvalue weighted by Gasteiger charge is 2.43. The smallest absolute Gasteiger partial charge is 0.349 e. The van der Waals surface area contributed by atoms with Crippen LogP contribution in [0.4, 0.5) is 8.78 Å². The topological polar surface area (TPSA) is 66.4 Å². The molecule has 1 aromatic carbocycles. The lowest BCUT2D eigenvalue weighted by molar-refractivity contribution is -0.150. The Morgan fingerprint density at radius 3 is 2.36 bits per heavy atom. The number of aliphatic carboxylic acids is 1. The summed E-state index contributed by atoms with van der Waals surface area (Å²) in [6.07, 6.45) is 3.13. The van der Waals surface area contributed by atoms with Gasteiger partial charge in [0.15, 0.2) is 0 Å². The molecule has 1 fully saturated rings. The molecule has 0 unspecified atom stereocenters. The SMILES string of the molecule is O=C(O)[C@@H]1CCCCC[C@@H]1NC(=O)C(F)(F)c1ccccc1. The van der Waals surface area contributed by atoms with Crippen molar-refractivity contribution < 1.29 is 23.5 Å². The molecule has 0 spiro atoms. The van der Waals surface area contributed by atoms with Crippen molar-refractivity contribution in [3.63, 3.8) is 0 Å². The molecular formula is C16H19F2NO3. The van der Waals surface area contributed by atoms with E-state index in [4.69, 9.17) is 0 Å². The fraction of sp³-hybridized carbons (Fsp3) is 0.500. The van der Waals surface area contributed by atoms with Crippen LogP contribution in [0.3, 0.4) is 0 Å². The number of nitrogens with one attached hydrogen (secondary N) is 1. The number of hydrogen-bond acceptors (Lipinski definition) is 2. The maximum atomic E-state index is 14.2. The van der Waals surface area contributed by atoms with Gasteiger partial charge in [-0.3, -0.25) is 9.59 Å². The highest BCUT2D eigenvalue weighted by atomic mass is 19.3. The molecule has 0 bridgehead atoms. The summed E-state index contributed by atoms with van der Waals surface area (Å²) in [5.41, 5.74) is -0.395. The predicted octanol–water partition coefficient (Wildman–Crippen LogP) is 2.93.